The van der Waals surface area contributed by atoms with Crippen molar-refractivity contribution in [1.82, 2.24) is 4.90 Å². The zero-order chi connectivity index (χ0) is 39.2. The molecule has 0 aliphatic carbocycles. The lowest BCUT2D eigenvalue weighted by Crippen LogP contribution is -2.47. The van der Waals surface area contributed by atoms with Gasteiger partial charge in [-0.05, 0) is 73.4 Å². The first-order valence-corrected chi connectivity index (χ1v) is 18.9. The number of rotatable bonds is 19. The van der Waals surface area contributed by atoms with E-state index in [1.165, 1.54) is 0 Å². The number of carbonyl (C=O) groups is 3. The highest BCUT2D eigenvalue weighted by atomic mass is 31.2. The summed E-state index contributed by atoms with van der Waals surface area (Å²) in [5.41, 5.74) is -0.336. The van der Waals surface area contributed by atoms with E-state index in [0.29, 0.717) is 36.3 Å². The van der Waals surface area contributed by atoms with Crippen molar-refractivity contribution in [2.24, 2.45) is 34.0 Å². The molecule has 0 radical (unpaired) electrons. The minimum Gasteiger partial charge on any atom is -0.463 e. The van der Waals surface area contributed by atoms with Gasteiger partial charge in [-0.15, -0.1) is 0 Å². The van der Waals surface area contributed by atoms with Crippen molar-refractivity contribution in [1.29, 1.82) is 0 Å². The van der Waals surface area contributed by atoms with E-state index in [1.807, 2.05) is 64.9 Å². The Kier molecular flexibility index (Phi) is 18.4. The van der Waals surface area contributed by atoms with Gasteiger partial charge in [-0.25, -0.2) is 4.57 Å². The van der Waals surface area contributed by atoms with Gasteiger partial charge in [0, 0.05) is 24.8 Å². The van der Waals surface area contributed by atoms with Crippen LogP contribution in [0, 0.1) is 34.0 Å². The zero-order valence-electron chi connectivity index (χ0n) is 32.7. The van der Waals surface area contributed by atoms with Crippen molar-refractivity contribution in [3.63, 3.8) is 0 Å². The summed E-state index contributed by atoms with van der Waals surface area (Å²) in [7, 11) is 0.347. The van der Waals surface area contributed by atoms with Crippen molar-refractivity contribution in [3.8, 4) is 5.75 Å². The fourth-order valence-corrected chi connectivity index (χ4v) is 6.21. The minimum absolute atomic E-state index is 0.0183. The molecule has 11 nitrogen and oxygen atoms in total. The van der Waals surface area contributed by atoms with Crippen LogP contribution in [0.1, 0.15) is 91.1 Å². The van der Waals surface area contributed by atoms with Crippen molar-refractivity contribution < 1.29 is 47.5 Å². The molecular formula is C39H62NO10P. The number of likely N-dealkylation sites (N-methyl/N-ethyl adjacent to an activating group) is 1. The quantitative estimate of drug-likeness (QED) is 0.0488. The highest BCUT2D eigenvalue weighted by molar-refractivity contribution is 7.47. The van der Waals surface area contributed by atoms with Crippen LogP contribution in [-0.2, 0) is 27.9 Å². The third-order valence-corrected chi connectivity index (χ3v) is 10.3. The summed E-state index contributed by atoms with van der Waals surface area (Å²) in [6.07, 6.45) is 0.955. The van der Waals surface area contributed by atoms with Gasteiger partial charge in [-0.2, -0.15) is 0 Å². The Balaban J connectivity index is 0.00000638. The van der Waals surface area contributed by atoms with Gasteiger partial charge >= 0.3 is 19.8 Å². The molecular weight excluding hydrogens is 673 g/mol. The van der Waals surface area contributed by atoms with Crippen LogP contribution in [0.5, 0.6) is 5.75 Å². The maximum absolute atomic E-state index is 13.7. The van der Waals surface area contributed by atoms with Gasteiger partial charge < -0.3 is 24.4 Å². The van der Waals surface area contributed by atoms with Crippen LogP contribution in [0.2, 0.25) is 0 Å². The van der Waals surface area contributed by atoms with E-state index < -0.39 is 36.5 Å². The molecule has 0 spiro atoms. The van der Waals surface area contributed by atoms with E-state index in [0.717, 1.165) is 7.11 Å². The molecule has 0 bridgehead atoms. The first kappa shape index (κ1) is 46.1. The van der Waals surface area contributed by atoms with Crippen molar-refractivity contribution in [3.05, 3.63) is 65.7 Å². The van der Waals surface area contributed by atoms with Crippen molar-refractivity contribution in [2.75, 3.05) is 47.6 Å². The smallest absolute Gasteiger partial charge is 0.463 e. The highest BCUT2D eigenvalue weighted by Gasteiger charge is 2.50. The second kappa shape index (κ2) is 20.4. The van der Waals surface area contributed by atoms with Crippen molar-refractivity contribution >= 4 is 25.5 Å². The number of hydrogen-bond donors (Lipinski definition) is 2. The molecule has 0 saturated heterocycles. The van der Waals surface area contributed by atoms with Gasteiger partial charge in [0.05, 0.1) is 25.0 Å². The number of carbonyl (C=O) groups excluding carboxylic acids is 3. The number of ketones is 1. The molecule has 3 atom stereocenters. The Labute approximate surface area is 305 Å². The monoisotopic (exact) mass is 735 g/mol. The maximum Gasteiger partial charge on any atom is 0.472 e. The number of aliphatic hydroxyl groups is 1. The molecule has 0 aliphatic rings. The Morgan fingerprint density at radius 3 is 1.80 bits per heavy atom. The average molecular weight is 736 g/mol. The first-order valence-electron chi connectivity index (χ1n) is 17.4. The number of esters is 2. The molecule has 3 unspecified atom stereocenters. The highest BCUT2D eigenvalue weighted by Crippen LogP contribution is 2.52. The summed E-state index contributed by atoms with van der Waals surface area (Å²) in [5, 5.41) is 7.00. The molecule has 2 aromatic rings. The second-order valence-corrected chi connectivity index (χ2v) is 17.2. The van der Waals surface area contributed by atoms with Gasteiger partial charge in [0.2, 0.25) is 0 Å². The van der Waals surface area contributed by atoms with E-state index >= 15 is 0 Å². The third-order valence-electron chi connectivity index (χ3n) is 9.30. The number of phosphoric acid groups is 1. The van der Waals surface area contributed by atoms with Gasteiger partial charge in [0.15, 0.2) is 5.78 Å². The van der Waals surface area contributed by atoms with Crippen LogP contribution in [0.3, 0.4) is 0 Å². The van der Waals surface area contributed by atoms with Crippen LogP contribution >= 0.6 is 7.82 Å². The Bertz CT molecular complexity index is 1420. The molecule has 0 saturated carbocycles. The van der Waals surface area contributed by atoms with Crippen LogP contribution in [0.25, 0.3) is 0 Å². The van der Waals surface area contributed by atoms with E-state index in [4.69, 9.17) is 23.6 Å². The first-order chi connectivity index (χ1) is 23.6. The Morgan fingerprint density at radius 1 is 0.765 bits per heavy atom. The minimum atomic E-state index is -4.28. The standard InChI is InChI=1S/C38H58NO9P.CH4O/c1-27(2)31(34(41)48-30-19-17-29(18-20-30)33(40)28-15-13-12-14-16-28)25-37(6,7)38(8,9)32(26-36(3,4)5)35(42)45-23-24-47-49(43,44)46-22-21-39(10)11;1-2/h12-20,27,31-32H,21-26H2,1-11H3,(H,43,44);2H,1H3. The number of ether oxygens (including phenoxy) is 2. The lowest BCUT2D eigenvalue weighted by molar-refractivity contribution is -0.161. The van der Waals surface area contributed by atoms with Gasteiger partial charge in [0.25, 0.3) is 0 Å². The number of hydrogen-bond acceptors (Lipinski definition) is 10. The molecule has 288 valence electrons. The summed E-state index contributed by atoms with van der Waals surface area (Å²) in [4.78, 5) is 51.9. The lowest BCUT2D eigenvalue weighted by Gasteiger charge is -2.49. The zero-order valence-corrected chi connectivity index (χ0v) is 33.6. The summed E-state index contributed by atoms with van der Waals surface area (Å²) < 4.78 is 33.6. The number of benzene rings is 2. The predicted molar refractivity (Wildman–Crippen MR) is 199 cm³/mol. The third kappa shape index (κ3) is 15.3. The topological polar surface area (TPSA) is 149 Å². The Hall–Kier alpha value is -2.92. The van der Waals surface area contributed by atoms with E-state index in [2.05, 4.69) is 34.6 Å². The van der Waals surface area contributed by atoms with Gasteiger partial charge in [-0.3, -0.25) is 23.4 Å². The maximum atomic E-state index is 13.7. The van der Waals surface area contributed by atoms with Crippen LogP contribution in [-0.4, -0.2) is 80.2 Å². The summed E-state index contributed by atoms with van der Waals surface area (Å²) >= 11 is 0. The SMILES string of the molecule is CC(C)C(CC(C)(C)C(C)(C)C(CC(C)(C)C)C(=O)OCCOP(=O)(O)OCCN(C)C)C(=O)Oc1ccc(C(=O)c2ccccc2)cc1.CO. The summed E-state index contributed by atoms with van der Waals surface area (Å²) in [5.74, 6) is -1.67. The number of phosphoric ester groups is 1. The molecule has 51 heavy (non-hydrogen) atoms. The molecule has 2 aromatic carbocycles. The van der Waals surface area contributed by atoms with E-state index in [1.54, 1.807) is 36.4 Å². The Morgan fingerprint density at radius 2 is 1.29 bits per heavy atom. The molecule has 0 amide bonds. The molecule has 0 aromatic heterocycles. The normalized spacial score (nSPS) is 14.6. The molecule has 0 fully saturated rings. The summed E-state index contributed by atoms with van der Waals surface area (Å²) in [6.45, 7) is 18.2. The lowest BCUT2D eigenvalue weighted by atomic mass is 9.55. The number of nitrogens with zero attached hydrogens (tertiary/aromatic N) is 1. The largest absolute Gasteiger partial charge is 0.472 e. The van der Waals surface area contributed by atoms with Gasteiger partial charge in [-0.1, -0.05) is 92.6 Å². The molecule has 12 heteroatoms. The van der Waals surface area contributed by atoms with Crippen molar-refractivity contribution in [2.45, 2.75) is 75.2 Å². The fourth-order valence-electron chi connectivity index (χ4n) is 5.52. The molecule has 0 heterocycles. The van der Waals surface area contributed by atoms with E-state index in [-0.39, 0.29) is 42.9 Å². The fraction of sp³-hybridized carbons (Fsp3) is 0.615. The predicted octanol–water partition coefficient (Wildman–Crippen LogP) is 7.44. The number of aliphatic hydroxyl groups excluding tert-OH is 1. The van der Waals surface area contributed by atoms with Crippen LogP contribution < -0.4 is 4.74 Å². The van der Waals surface area contributed by atoms with Crippen LogP contribution in [0.4, 0.5) is 0 Å². The summed E-state index contributed by atoms with van der Waals surface area (Å²) in [6, 6.07) is 15.6. The molecule has 2 N–H and O–H groups in total. The van der Waals surface area contributed by atoms with E-state index in [9.17, 15) is 23.8 Å². The second-order valence-electron chi connectivity index (χ2n) is 15.7. The van der Waals surface area contributed by atoms with Crippen LogP contribution in [0.15, 0.2) is 54.6 Å². The van der Waals surface area contributed by atoms with Gasteiger partial charge in [0.1, 0.15) is 12.4 Å². The molecule has 0 aliphatic heterocycles. The molecule has 2 rings (SSSR count). The average Bonchev–Trinajstić information content (AvgIpc) is 3.04.